The molecule has 2 aromatic carbocycles. The van der Waals surface area contributed by atoms with Crippen LogP contribution >= 0.6 is 11.6 Å². The Morgan fingerprint density at radius 2 is 2.00 bits per heavy atom. The van der Waals surface area contributed by atoms with Gasteiger partial charge in [-0.15, -0.1) is 0 Å². The van der Waals surface area contributed by atoms with E-state index in [2.05, 4.69) is 23.6 Å². The number of halogens is 2. The van der Waals surface area contributed by atoms with E-state index in [4.69, 9.17) is 17.4 Å². The van der Waals surface area contributed by atoms with E-state index in [9.17, 15) is 4.39 Å². The third kappa shape index (κ3) is 3.18. The van der Waals surface area contributed by atoms with Gasteiger partial charge in [0.15, 0.2) is 0 Å². The molecule has 2 aromatic rings. The number of nitrogens with one attached hydrogen (secondary N) is 1. The molecule has 0 aliphatic carbocycles. The van der Waals surface area contributed by atoms with Crippen LogP contribution in [0.1, 0.15) is 28.3 Å². The third-order valence-corrected chi connectivity index (χ3v) is 3.81. The predicted octanol–water partition coefficient (Wildman–Crippen LogP) is 3.84. The second-order valence-electron chi connectivity index (χ2n) is 4.99. The molecule has 0 aliphatic heterocycles. The number of hydrogen-bond donors (Lipinski definition) is 2. The van der Waals surface area contributed by atoms with E-state index >= 15 is 0 Å². The van der Waals surface area contributed by atoms with Gasteiger partial charge in [0.25, 0.3) is 0 Å². The summed E-state index contributed by atoms with van der Waals surface area (Å²) in [6.45, 7) is 4.06. The molecule has 0 saturated carbocycles. The highest BCUT2D eigenvalue weighted by atomic mass is 35.5. The van der Waals surface area contributed by atoms with Crippen LogP contribution in [0.5, 0.6) is 0 Å². The number of rotatable bonds is 4. The van der Waals surface area contributed by atoms with Crippen molar-refractivity contribution in [2.24, 2.45) is 5.84 Å². The zero-order valence-electron chi connectivity index (χ0n) is 11.6. The summed E-state index contributed by atoms with van der Waals surface area (Å²) >= 11 is 6.10. The molecule has 0 radical (unpaired) electrons. The average molecular weight is 293 g/mol. The van der Waals surface area contributed by atoms with Gasteiger partial charge < -0.3 is 0 Å². The normalized spacial score (nSPS) is 12.4. The maximum absolute atomic E-state index is 14.0. The summed E-state index contributed by atoms with van der Waals surface area (Å²) in [4.78, 5) is 0. The van der Waals surface area contributed by atoms with E-state index < -0.39 is 0 Å². The Hall–Kier alpha value is -1.42. The van der Waals surface area contributed by atoms with Crippen LogP contribution in [-0.2, 0) is 6.42 Å². The summed E-state index contributed by atoms with van der Waals surface area (Å²) in [5.41, 5.74) is 6.54. The second kappa shape index (κ2) is 6.35. The lowest BCUT2D eigenvalue weighted by atomic mass is 9.95. The summed E-state index contributed by atoms with van der Waals surface area (Å²) < 4.78 is 14.0. The van der Waals surface area contributed by atoms with E-state index in [1.807, 2.05) is 13.8 Å². The van der Waals surface area contributed by atoms with Crippen molar-refractivity contribution in [1.82, 2.24) is 5.43 Å². The first-order valence-corrected chi connectivity index (χ1v) is 6.87. The van der Waals surface area contributed by atoms with Crippen LogP contribution < -0.4 is 11.3 Å². The first-order valence-electron chi connectivity index (χ1n) is 6.49. The lowest BCUT2D eigenvalue weighted by Gasteiger charge is -2.20. The Balaban J connectivity index is 2.36. The van der Waals surface area contributed by atoms with Crippen LogP contribution in [0.25, 0.3) is 0 Å². The molecule has 2 nitrogen and oxygen atoms in total. The minimum atomic E-state index is -0.357. The van der Waals surface area contributed by atoms with Gasteiger partial charge in [-0.05, 0) is 43.5 Å². The summed E-state index contributed by atoms with van der Waals surface area (Å²) in [6, 6.07) is 10.5. The van der Waals surface area contributed by atoms with Crippen LogP contribution in [0, 0.1) is 19.7 Å². The van der Waals surface area contributed by atoms with E-state index in [1.54, 1.807) is 12.1 Å². The van der Waals surface area contributed by atoms with Gasteiger partial charge >= 0.3 is 0 Å². The molecule has 0 saturated heterocycles. The Kier molecular flexibility index (Phi) is 4.76. The zero-order chi connectivity index (χ0) is 14.7. The van der Waals surface area contributed by atoms with E-state index in [-0.39, 0.29) is 11.9 Å². The molecule has 4 heteroatoms. The molecule has 0 fully saturated rings. The quantitative estimate of drug-likeness (QED) is 0.664. The molecule has 2 rings (SSSR count). The van der Waals surface area contributed by atoms with Crippen LogP contribution in [0.3, 0.4) is 0 Å². The predicted molar refractivity (Wildman–Crippen MR) is 81.1 cm³/mol. The second-order valence-corrected chi connectivity index (χ2v) is 5.40. The van der Waals surface area contributed by atoms with Crippen molar-refractivity contribution >= 4 is 11.6 Å². The van der Waals surface area contributed by atoms with E-state index in [0.29, 0.717) is 17.0 Å². The maximum atomic E-state index is 14.0. The molecular formula is C16H18ClFN2. The van der Waals surface area contributed by atoms with Gasteiger partial charge in [-0.3, -0.25) is 11.3 Å². The van der Waals surface area contributed by atoms with Crippen molar-refractivity contribution < 1.29 is 4.39 Å². The molecule has 0 amide bonds. The van der Waals surface area contributed by atoms with E-state index in [0.717, 1.165) is 11.1 Å². The van der Waals surface area contributed by atoms with Crippen molar-refractivity contribution in [2.45, 2.75) is 26.3 Å². The monoisotopic (exact) mass is 292 g/mol. The molecule has 0 aromatic heterocycles. The fourth-order valence-corrected chi connectivity index (χ4v) is 2.62. The molecule has 3 N–H and O–H groups in total. The van der Waals surface area contributed by atoms with Gasteiger partial charge in [-0.2, -0.15) is 0 Å². The molecule has 1 unspecified atom stereocenters. The van der Waals surface area contributed by atoms with Crippen LogP contribution in [0.2, 0.25) is 5.02 Å². The highest BCUT2D eigenvalue weighted by Crippen LogP contribution is 2.28. The van der Waals surface area contributed by atoms with Gasteiger partial charge in [-0.1, -0.05) is 41.4 Å². The molecule has 20 heavy (non-hydrogen) atoms. The van der Waals surface area contributed by atoms with Gasteiger partial charge in [0.2, 0.25) is 0 Å². The van der Waals surface area contributed by atoms with Gasteiger partial charge in [0.05, 0.1) is 6.04 Å². The highest BCUT2D eigenvalue weighted by Gasteiger charge is 2.19. The van der Waals surface area contributed by atoms with Crippen molar-refractivity contribution in [3.05, 3.63) is 69.5 Å². The van der Waals surface area contributed by atoms with Crippen LogP contribution in [-0.4, -0.2) is 0 Å². The summed E-state index contributed by atoms with van der Waals surface area (Å²) in [5.74, 6) is 5.26. The molecule has 106 valence electrons. The minimum Gasteiger partial charge on any atom is -0.271 e. The summed E-state index contributed by atoms with van der Waals surface area (Å²) in [6.07, 6.45) is 0.588. The summed E-state index contributed by atoms with van der Waals surface area (Å²) in [5, 5.41) is 0.387. The fraction of sp³-hybridized carbons (Fsp3) is 0.250. The van der Waals surface area contributed by atoms with Crippen molar-refractivity contribution in [3.63, 3.8) is 0 Å². The molecule has 0 spiro atoms. The smallest absolute Gasteiger partial charge is 0.129 e. The molecule has 1 atom stereocenters. The maximum Gasteiger partial charge on any atom is 0.129 e. The molecule has 0 bridgehead atoms. The first-order chi connectivity index (χ1) is 9.52. The largest absolute Gasteiger partial charge is 0.271 e. The number of hydrazine groups is 1. The lowest BCUT2D eigenvalue weighted by Crippen LogP contribution is -2.30. The number of benzene rings is 2. The van der Waals surface area contributed by atoms with Crippen LogP contribution in [0.4, 0.5) is 4.39 Å². The minimum absolute atomic E-state index is 0.342. The molecular weight excluding hydrogens is 275 g/mol. The van der Waals surface area contributed by atoms with Gasteiger partial charge in [-0.25, -0.2) is 4.39 Å². The van der Waals surface area contributed by atoms with Crippen molar-refractivity contribution in [3.8, 4) is 0 Å². The average Bonchev–Trinajstić information content (AvgIpc) is 2.41. The molecule has 0 heterocycles. The topological polar surface area (TPSA) is 38.0 Å². The van der Waals surface area contributed by atoms with Crippen molar-refractivity contribution in [2.75, 3.05) is 0 Å². The van der Waals surface area contributed by atoms with Crippen LogP contribution in [0.15, 0.2) is 36.4 Å². The Morgan fingerprint density at radius 1 is 1.25 bits per heavy atom. The Bertz CT molecular complexity index is 593. The highest BCUT2D eigenvalue weighted by molar-refractivity contribution is 6.31. The summed E-state index contributed by atoms with van der Waals surface area (Å²) in [7, 11) is 0. The molecule has 0 aliphatic rings. The third-order valence-electron chi connectivity index (χ3n) is 3.48. The number of aryl methyl sites for hydroxylation is 2. The first kappa shape index (κ1) is 15.0. The Labute approximate surface area is 123 Å². The van der Waals surface area contributed by atoms with E-state index in [1.165, 1.54) is 11.6 Å². The number of hydrogen-bond acceptors (Lipinski definition) is 2. The zero-order valence-corrected chi connectivity index (χ0v) is 12.3. The van der Waals surface area contributed by atoms with Gasteiger partial charge in [0.1, 0.15) is 5.82 Å². The van der Waals surface area contributed by atoms with Crippen molar-refractivity contribution in [1.29, 1.82) is 0 Å². The van der Waals surface area contributed by atoms with Gasteiger partial charge in [0, 0.05) is 10.6 Å². The number of nitrogens with two attached hydrogens (primary N) is 1. The standard InChI is InChI=1S/C16H18ClFN2/c1-10-6-7-11(2)12(8-10)9-15(20-19)16-13(17)4-3-5-14(16)18/h3-8,15,20H,9,19H2,1-2H3. The lowest BCUT2D eigenvalue weighted by molar-refractivity contribution is 0.510. The fourth-order valence-electron chi connectivity index (χ4n) is 2.33. The SMILES string of the molecule is Cc1ccc(C)c(CC(NN)c2c(F)cccc2Cl)c1. The Morgan fingerprint density at radius 3 is 2.65 bits per heavy atom.